The van der Waals surface area contributed by atoms with Crippen molar-refractivity contribution >= 4 is 5.78 Å². The zero-order valence-electron chi connectivity index (χ0n) is 15.2. The molecule has 23 heavy (non-hydrogen) atoms. The number of fused-ring (bicyclic) bond motifs is 3. The first-order valence-corrected chi connectivity index (χ1v) is 9.25. The van der Waals surface area contributed by atoms with E-state index >= 15 is 0 Å². The fourth-order valence-corrected chi connectivity index (χ4v) is 6.50. The number of carbonyl (C=O) groups excluding carboxylic acids is 1. The first-order valence-electron chi connectivity index (χ1n) is 9.25. The van der Waals surface area contributed by atoms with Gasteiger partial charge in [0.25, 0.3) is 0 Å². The first kappa shape index (κ1) is 17.2. The Labute approximate surface area is 140 Å². The summed E-state index contributed by atoms with van der Waals surface area (Å²) in [6.07, 6.45) is 3.95. The van der Waals surface area contributed by atoms with Gasteiger partial charge in [0.15, 0.2) is 5.78 Å². The van der Waals surface area contributed by atoms with Crippen LogP contribution in [0.4, 0.5) is 0 Å². The van der Waals surface area contributed by atoms with Gasteiger partial charge in [0.05, 0.1) is 12.2 Å². The monoisotopic (exact) mass is 320 g/mol. The van der Waals surface area contributed by atoms with Crippen molar-refractivity contribution in [2.45, 2.75) is 72.5 Å². The number of aliphatic hydroxyl groups is 2. The topological polar surface area (TPSA) is 57.5 Å². The molecule has 0 saturated heterocycles. The smallest absolute Gasteiger partial charge is 0.159 e. The molecule has 3 nitrogen and oxygen atoms in total. The van der Waals surface area contributed by atoms with E-state index in [9.17, 15) is 15.0 Å². The van der Waals surface area contributed by atoms with Gasteiger partial charge in [0, 0.05) is 11.3 Å². The average Bonchev–Trinajstić information content (AvgIpc) is 2.47. The molecule has 3 aliphatic carbocycles. The zero-order valence-corrected chi connectivity index (χ0v) is 15.2. The number of ketones is 1. The van der Waals surface area contributed by atoms with Gasteiger partial charge in [-0.15, -0.1) is 0 Å². The summed E-state index contributed by atoms with van der Waals surface area (Å²) >= 11 is 0. The minimum atomic E-state index is -0.805. The highest BCUT2D eigenvalue weighted by atomic mass is 16.3. The lowest BCUT2D eigenvalue weighted by molar-refractivity contribution is -0.212. The number of rotatable bonds is 1. The third-order valence-corrected chi connectivity index (χ3v) is 7.59. The molecule has 0 spiro atoms. The molecule has 2 saturated carbocycles. The predicted molar refractivity (Wildman–Crippen MR) is 90.8 cm³/mol. The van der Waals surface area contributed by atoms with E-state index in [2.05, 4.69) is 34.6 Å². The van der Waals surface area contributed by atoms with Gasteiger partial charge in [-0.2, -0.15) is 0 Å². The largest absolute Gasteiger partial charge is 0.390 e. The highest BCUT2D eigenvalue weighted by molar-refractivity contribution is 5.94. The summed E-state index contributed by atoms with van der Waals surface area (Å²) < 4.78 is 0. The SMILES string of the molecule is CCC1=CC(=O)C2C(CCC3C(C)(C)CC(O)C(O)C23C)C1C. The first-order chi connectivity index (χ1) is 10.6. The predicted octanol–water partition coefficient (Wildman–Crippen LogP) is 3.34. The second-order valence-electron chi connectivity index (χ2n) is 9.11. The van der Waals surface area contributed by atoms with Gasteiger partial charge in [0.2, 0.25) is 0 Å². The minimum absolute atomic E-state index is 0.0450. The molecule has 7 atom stereocenters. The Bertz CT molecular complexity index is 535. The summed E-state index contributed by atoms with van der Waals surface area (Å²) in [5.74, 6) is 1.01. The Morgan fingerprint density at radius 1 is 1.22 bits per heavy atom. The van der Waals surface area contributed by atoms with E-state index < -0.39 is 17.6 Å². The van der Waals surface area contributed by atoms with Crippen molar-refractivity contribution in [2.75, 3.05) is 0 Å². The van der Waals surface area contributed by atoms with Crippen LogP contribution in [0.3, 0.4) is 0 Å². The molecule has 0 heterocycles. The van der Waals surface area contributed by atoms with E-state index in [0.717, 1.165) is 19.3 Å². The van der Waals surface area contributed by atoms with Crippen LogP contribution in [0.2, 0.25) is 0 Å². The quantitative estimate of drug-likeness (QED) is 0.779. The van der Waals surface area contributed by atoms with Crippen LogP contribution in [0.15, 0.2) is 11.6 Å². The van der Waals surface area contributed by atoms with E-state index in [1.54, 1.807) is 0 Å². The van der Waals surface area contributed by atoms with Crippen molar-refractivity contribution in [3.8, 4) is 0 Å². The van der Waals surface area contributed by atoms with Gasteiger partial charge >= 0.3 is 0 Å². The third kappa shape index (κ3) is 2.26. The second kappa shape index (κ2) is 5.42. The molecule has 2 N–H and O–H groups in total. The molecule has 3 heteroatoms. The Balaban J connectivity index is 2.09. The lowest BCUT2D eigenvalue weighted by atomic mass is 9.42. The van der Waals surface area contributed by atoms with Crippen LogP contribution in [0, 0.1) is 34.5 Å². The molecule has 2 fully saturated rings. The van der Waals surface area contributed by atoms with Gasteiger partial charge in [-0.1, -0.05) is 40.2 Å². The van der Waals surface area contributed by atoms with Crippen molar-refractivity contribution in [3.05, 3.63) is 11.6 Å². The van der Waals surface area contributed by atoms with Crippen molar-refractivity contribution < 1.29 is 15.0 Å². The molecular weight excluding hydrogens is 288 g/mol. The van der Waals surface area contributed by atoms with Crippen molar-refractivity contribution in [3.63, 3.8) is 0 Å². The Hall–Kier alpha value is -0.670. The van der Waals surface area contributed by atoms with Crippen molar-refractivity contribution in [2.24, 2.45) is 34.5 Å². The summed E-state index contributed by atoms with van der Waals surface area (Å²) in [7, 11) is 0. The van der Waals surface area contributed by atoms with E-state index in [1.807, 2.05) is 6.08 Å². The molecule has 0 bridgehead atoms. The van der Waals surface area contributed by atoms with E-state index in [-0.39, 0.29) is 23.0 Å². The highest BCUT2D eigenvalue weighted by Gasteiger charge is 2.63. The normalized spacial score (nSPS) is 49.2. The van der Waals surface area contributed by atoms with Crippen LogP contribution in [-0.2, 0) is 4.79 Å². The molecule has 0 radical (unpaired) electrons. The Morgan fingerprint density at radius 2 is 1.87 bits per heavy atom. The van der Waals surface area contributed by atoms with Gasteiger partial charge in [-0.25, -0.2) is 0 Å². The number of hydrogen-bond acceptors (Lipinski definition) is 3. The van der Waals surface area contributed by atoms with Crippen LogP contribution < -0.4 is 0 Å². The summed E-state index contributed by atoms with van der Waals surface area (Å²) in [4.78, 5) is 13.0. The Morgan fingerprint density at radius 3 is 2.48 bits per heavy atom. The molecule has 130 valence electrons. The van der Waals surface area contributed by atoms with Crippen LogP contribution in [0.5, 0.6) is 0 Å². The van der Waals surface area contributed by atoms with E-state index in [0.29, 0.717) is 18.3 Å². The number of carbonyl (C=O) groups is 1. The molecular formula is C20H32O3. The second-order valence-corrected chi connectivity index (χ2v) is 9.11. The minimum Gasteiger partial charge on any atom is -0.390 e. The molecule has 0 aromatic rings. The number of allylic oxidation sites excluding steroid dienone is 2. The van der Waals surface area contributed by atoms with Crippen LogP contribution in [0.1, 0.15) is 60.3 Å². The highest BCUT2D eigenvalue weighted by Crippen LogP contribution is 2.63. The van der Waals surface area contributed by atoms with Gasteiger partial charge in [-0.05, 0) is 54.9 Å². The Kier molecular flexibility index (Phi) is 4.04. The fraction of sp³-hybridized carbons (Fsp3) is 0.850. The molecule has 0 aromatic heterocycles. The lowest BCUT2D eigenvalue weighted by Gasteiger charge is -2.63. The number of hydrogen-bond donors (Lipinski definition) is 2. The molecule has 0 amide bonds. The molecule has 3 aliphatic rings. The van der Waals surface area contributed by atoms with Crippen LogP contribution in [-0.4, -0.2) is 28.2 Å². The van der Waals surface area contributed by atoms with Gasteiger partial charge in [-0.3, -0.25) is 4.79 Å². The van der Waals surface area contributed by atoms with E-state index in [1.165, 1.54) is 5.57 Å². The lowest BCUT2D eigenvalue weighted by Crippen LogP contribution is -2.65. The molecule has 0 aliphatic heterocycles. The number of aliphatic hydroxyl groups excluding tert-OH is 2. The maximum atomic E-state index is 13.0. The summed E-state index contributed by atoms with van der Waals surface area (Å²) in [5.41, 5.74) is 0.686. The van der Waals surface area contributed by atoms with Crippen LogP contribution in [0.25, 0.3) is 0 Å². The summed E-state index contributed by atoms with van der Waals surface area (Å²) in [6.45, 7) is 10.8. The van der Waals surface area contributed by atoms with Crippen molar-refractivity contribution in [1.82, 2.24) is 0 Å². The maximum Gasteiger partial charge on any atom is 0.159 e. The average molecular weight is 320 g/mol. The van der Waals surface area contributed by atoms with E-state index in [4.69, 9.17) is 0 Å². The van der Waals surface area contributed by atoms with Crippen molar-refractivity contribution in [1.29, 1.82) is 0 Å². The standard InChI is InChI=1S/C20H32O3/c1-6-12-9-14(21)17-13(11(12)2)7-8-16-19(3,4)10-15(22)18(23)20(16,17)5/h9,11,13,15-18,22-23H,6-8,10H2,1-5H3. The third-order valence-electron chi connectivity index (χ3n) is 7.59. The maximum absolute atomic E-state index is 13.0. The van der Waals surface area contributed by atoms with Gasteiger partial charge < -0.3 is 10.2 Å². The summed E-state index contributed by atoms with van der Waals surface area (Å²) in [6, 6.07) is 0. The molecule has 3 rings (SSSR count). The molecule has 0 aromatic carbocycles. The van der Waals surface area contributed by atoms with Crippen LogP contribution >= 0.6 is 0 Å². The van der Waals surface area contributed by atoms with Gasteiger partial charge in [0.1, 0.15) is 0 Å². The fourth-order valence-electron chi connectivity index (χ4n) is 6.50. The summed E-state index contributed by atoms with van der Waals surface area (Å²) in [5, 5.41) is 21.4. The zero-order chi connectivity index (χ0) is 17.2. The molecule has 7 unspecified atom stereocenters.